The lowest BCUT2D eigenvalue weighted by Gasteiger charge is -2.18. The third-order valence-electron chi connectivity index (χ3n) is 4.00. The van der Waals surface area contributed by atoms with Gasteiger partial charge in [0.05, 0.1) is 0 Å². The van der Waals surface area contributed by atoms with Gasteiger partial charge in [0.15, 0.2) is 0 Å². The van der Waals surface area contributed by atoms with E-state index >= 15 is 0 Å². The SMILES string of the molecule is CNc1nc(C2CC2)nc(NC(C)c2ccccc2)c1C. The van der Waals surface area contributed by atoms with E-state index in [1.165, 1.54) is 18.4 Å². The molecule has 1 atom stereocenters. The maximum Gasteiger partial charge on any atom is 0.136 e. The zero-order valence-corrected chi connectivity index (χ0v) is 12.9. The van der Waals surface area contributed by atoms with Gasteiger partial charge >= 0.3 is 0 Å². The number of hydrogen-bond donors (Lipinski definition) is 2. The molecule has 4 heteroatoms. The standard InChI is InChI=1S/C17H22N4/c1-11-15(18-3)20-17(14-9-10-14)21-16(11)19-12(2)13-7-5-4-6-8-13/h4-8,12,14H,9-10H2,1-3H3,(H2,18,19,20,21). The highest BCUT2D eigenvalue weighted by molar-refractivity contribution is 5.58. The lowest BCUT2D eigenvalue weighted by molar-refractivity contribution is 0.849. The summed E-state index contributed by atoms with van der Waals surface area (Å²) < 4.78 is 0. The number of hydrogen-bond acceptors (Lipinski definition) is 4. The van der Waals surface area contributed by atoms with Gasteiger partial charge in [-0.2, -0.15) is 0 Å². The topological polar surface area (TPSA) is 49.8 Å². The minimum atomic E-state index is 0.219. The summed E-state index contributed by atoms with van der Waals surface area (Å²) in [7, 11) is 1.91. The fourth-order valence-corrected chi connectivity index (χ4v) is 2.47. The minimum Gasteiger partial charge on any atom is -0.373 e. The van der Waals surface area contributed by atoms with Gasteiger partial charge in [-0.25, -0.2) is 9.97 Å². The van der Waals surface area contributed by atoms with Crippen LogP contribution in [0.15, 0.2) is 30.3 Å². The van der Waals surface area contributed by atoms with Crippen molar-refractivity contribution in [1.29, 1.82) is 0 Å². The van der Waals surface area contributed by atoms with E-state index in [1.54, 1.807) is 0 Å². The van der Waals surface area contributed by atoms with Crippen LogP contribution in [0.25, 0.3) is 0 Å². The molecule has 0 bridgehead atoms. The number of anilines is 2. The molecule has 1 aliphatic rings. The normalized spacial score (nSPS) is 15.6. The van der Waals surface area contributed by atoms with Gasteiger partial charge in [0.1, 0.15) is 17.5 Å². The minimum absolute atomic E-state index is 0.219. The van der Waals surface area contributed by atoms with Crippen LogP contribution in [0.2, 0.25) is 0 Å². The summed E-state index contributed by atoms with van der Waals surface area (Å²) in [5, 5.41) is 6.71. The van der Waals surface area contributed by atoms with Crippen LogP contribution in [0.1, 0.15) is 48.7 Å². The molecule has 21 heavy (non-hydrogen) atoms. The first-order valence-electron chi connectivity index (χ1n) is 7.56. The smallest absolute Gasteiger partial charge is 0.136 e. The molecule has 0 spiro atoms. The summed E-state index contributed by atoms with van der Waals surface area (Å²) in [6.45, 7) is 4.22. The zero-order chi connectivity index (χ0) is 14.8. The monoisotopic (exact) mass is 282 g/mol. The molecule has 1 aromatic carbocycles. The molecule has 1 unspecified atom stereocenters. The maximum atomic E-state index is 4.75. The average molecular weight is 282 g/mol. The number of benzene rings is 1. The molecule has 110 valence electrons. The summed E-state index contributed by atoms with van der Waals surface area (Å²) in [5.74, 6) is 3.38. The Bertz CT molecular complexity index is 620. The van der Waals surface area contributed by atoms with Crippen LogP contribution in [0, 0.1) is 6.92 Å². The first kappa shape index (κ1) is 13.9. The second kappa shape index (κ2) is 5.72. The highest BCUT2D eigenvalue weighted by atomic mass is 15.1. The summed E-state index contributed by atoms with van der Waals surface area (Å²) >= 11 is 0. The summed E-state index contributed by atoms with van der Waals surface area (Å²) in [6.07, 6.45) is 2.42. The number of aromatic nitrogens is 2. The quantitative estimate of drug-likeness (QED) is 0.874. The van der Waals surface area contributed by atoms with Crippen molar-refractivity contribution in [2.24, 2.45) is 0 Å². The molecule has 0 aliphatic heterocycles. The highest BCUT2D eigenvalue weighted by Crippen LogP contribution is 2.39. The molecule has 0 radical (unpaired) electrons. The molecule has 2 aromatic rings. The number of nitrogens with one attached hydrogen (secondary N) is 2. The lowest BCUT2D eigenvalue weighted by Crippen LogP contribution is -2.12. The van der Waals surface area contributed by atoms with E-state index in [0.29, 0.717) is 5.92 Å². The zero-order valence-electron chi connectivity index (χ0n) is 12.9. The predicted molar refractivity (Wildman–Crippen MR) is 86.8 cm³/mol. The molecule has 1 aromatic heterocycles. The third kappa shape index (κ3) is 2.99. The van der Waals surface area contributed by atoms with Crippen molar-refractivity contribution >= 4 is 11.6 Å². The second-order valence-corrected chi connectivity index (χ2v) is 5.71. The van der Waals surface area contributed by atoms with Crippen molar-refractivity contribution < 1.29 is 0 Å². The van der Waals surface area contributed by atoms with E-state index in [2.05, 4.69) is 53.7 Å². The molecule has 1 aliphatic carbocycles. The van der Waals surface area contributed by atoms with Crippen molar-refractivity contribution in [3.63, 3.8) is 0 Å². The van der Waals surface area contributed by atoms with E-state index in [9.17, 15) is 0 Å². The number of rotatable bonds is 5. The largest absolute Gasteiger partial charge is 0.373 e. The molecular formula is C17H22N4. The van der Waals surface area contributed by atoms with Gasteiger partial charge in [0.25, 0.3) is 0 Å². The van der Waals surface area contributed by atoms with Crippen LogP contribution in [-0.4, -0.2) is 17.0 Å². The van der Waals surface area contributed by atoms with Gasteiger partial charge in [-0.1, -0.05) is 30.3 Å². The fraction of sp³-hybridized carbons (Fsp3) is 0.412. The van der Waals surface area contributed by atoms with Crippen LogP contribution in [0.3, 0.4) is 0 Å². The highest BCUT2D eigenvalue weighted by Gasteiger charge is 2.28. The predicted octanol–water partition coefficient (Wildman–Crippen LogP) is 3.88. The Kier molecular flexibility index (Phi) is 3.78. The average Bonchev–Trinajstić information content (AvgIpc) is 3.35. The molecule has 3 rings (SSSR count). The molecule has 0 amide bonds. The van der Waals surface area contributed by atoms with Crippen molar-refractivity contribution in [3.8, 4) is 0 Å². The van der Waals surface area contributed by atoms with Crippen molar-refractivity contribution in [3.05, 3.63) is 47.3 Å². The number of nitrogens with zero attached hydrogens (tertiary/aromatic N) is 2. The summed E-state index contributed by atoms with van der Waals surface area (Å²) in [4.78, 5) is 9.38. The Hall–Kier alpha value is -2.10. The van der Waals surface area contributed by atoms with Crippen LogP contribution in [0.5, 0.6) is 0 Å². The Morgan fingerprint density at radius 2 is 1.76 bits per heavy atom. The van der Waals surface area contributed by atoms with E-state index < -0.39 is 0 Å². The fourth-order valence-electron chi connectivity index (χ4n) is 2.47. The van der Waals surface area contributed by atoms with Crippen molar-refractivity contribution in [2.75, 3.05) is 17.7 Å². The van der Waals surface area contributed by atoms with E-state index in [4.69, 9.17) is 4.98 Å². The van der Waals surface area contributed by atoms with Crippen molar-refractivity contribution in [2.45, 2.75) is 38.6 Å². The van der Waals surface area contributed by atoms with Gasteiger partial charge in [-0.15, -0.1) is 0 Å². The summed E-state index contributed by atoms with van der Waals surface area (Å²) in [5.41, 5.74) is 2.33. The van der Waals surface area contributed by atoms with Gasteiger partial charge in [0, 0.05) is 24.6 Å². The third-order valence-corrected chi connectivity index (χ3v) is 4.00. The molecule has 1 heterocycles. The molecule has 2 N–H and O–H groups in total. The van der Waals surface area contributed by atoms with E-state index in [1.807, 2.05) is 13.1 Å². The molecule has 1 saturated carbocycles. The second-order valence-electron chi connectivity index (χ2n) is 5.71. The Morgan fingerprint density at radius 1 is 1.10 bits per heavy atom. The maximum absolute atomic E-state index is 4.75. The first-order valence-corrected chi connectivity index (χ1v) is 7.56. The summed E-state index contributed by atoms with van der Waals surface area (Å²) in [6, 6.07) is 10.7. The molecule has 0 saturated heterocycles. The van der Waals surface area contributed by atoms with Crippen molar-refractivity contribution in [1.82, 2.24) is 9.97 Å². The Morgan fingerprint density at radius 3 is 2.38 bits per heavy atom. The van der Waals surface area contributed by atoms with Crippen LogP contribution in [0.4, 0.5) is 11.6 Å². The van der Waals surface area contributed by atoms with Crippen LogP contribution < -0.4 is 10.6 Å². The van der Waals surface area contributed by atoms with Crippen LogP contribution >= 0.6 is 0 Å². The van der Waals surface area contributed by atoms with Gasteiger partial charge in [-0.3, -0.25) is 0 Å². The lowest BCUT2D eigenvalue weighted by atomic mass is 10.1. The van der Waals surface area contributed by atoms with Gasteiger partial charge in [0.2, 0.25) is 0 Å². The van der Waals surface area contributed by atoms with E-state index in [-0.39, 0.29) is 6.04 Å². The Labute approximate surface area is 126 Å². The Balaban J connectivity index is 1.88. The molecular weight excluding hydrogens is 260 g/mol. The van der Waals surface area contributed by atoms with Gasteiger partial charge in [-0.05, 0) is 32.3 Å². The molecule has 1 fully saturated rings. The van der Waals surface area contributed by atoms with E-state index in [0.717, 1.165) is 23.0 Å². The van der Waals surface area contributed by atoms with Crippen LogP contribution in [-0.2, 0) is 0 Å². The molecule has 4 nitrogen and oxygen atoms in total. The first-order chi connectivity index (χ1) is 10.2. The van der Waals surface area contributed by atoms with Gasteiger partial charge < -0.3 is 10.6 Å².